The van der Waals surface area contributed by atoms with Gasteiger partial charge in [-0.1, -0.05) is 16.8 Å². The topological polar surface area (TPSA) is 64.9 Å². The number of rotatable bonds is 2. The van der Waals surface area contributed by atoms with E-state index in [0.717, 1.165) is 0 Å². The van der Waals surface area contributed by atoms with E-state index in [1.807, 2.05) is 0 Å². The van der Waals surface area contributed by atoms with Gasteiger partial charge in [0.1, 0.15) is 5.82 Å². The molecule has 0 aliphatic heterocycles. The maximum atomic E-state index is 13.4. The third-order valence-electron chi connectivity index (χ3n) is 1.81. The van der Waals surface area contributed by atoms with Gasteiger partial charge in [-0.2, -0.15) is 4.98 Å². The van der Waals surface area contributed by atoms with E-state index in [0.29, 0.717) is 5.02 Å². The van der Waals surface area contributed by atoms with E-state index < -0.39 is 5.82 Å². The van der Waals surface area contributed by atoms with E-state index in [4.69, 9.17) is 21.9 Å². The SMILES string of the molecule is NCc1nc(-c2ccc(Cl)cc2F)no1. The molecule has 0 saturated heterocycles. The van der Waals surface area contributed by atoms with Crippen LogP contribution in [-0.2, 0) is 6.54 Å². The summed E-state index contributed by atoms with van der Waals surface area (Å²) < 4.78 is 18.2. The second-order valence-electron chi connectivity index (χ2n) is 2.84. The molecular weight excluding hydrogens is 221 g/mol. The van der Waals surface area contributed by atoms with Gasteiger partial charge in [-0.15, -0.1) is 0 Å². The maximum Gasteiger partial charge on any atom is 0.240 e. The highest BCUT2D eigenvalue weighted by atomic mass is 35.5. The first-order valence-corrected chi connectivity index (χ1v) is 4.56. The van der Waals surface area contributed by atoms with Crippen LogP contribution in [-0.4, -0.2) is 10.1 Å². The largest absolute Gasteiger partial charge is 0.338 e. The Kier molecular flexibility index (Phi) is 2.66. The quantitative estimate of drug-likeness (QED) is 0.852. The molecule has 15 heavy (non-hydrogen) atoms. The summed E-state index contributed by atoms with van der Waals surface area (Å²) in [6, 6.07) is 4.23. The Bertz CT molecular complexity index is 486. The molecule has 0 spiro atoms. The Morgan fingerprint density at radius 2 is 2.27 bits per heavy atom. The number of nitrogens with two attached hydrogens (primary N) is 1. The van der Waals surface area contributed by atoms with Gasteiger partial charge >= 0.3 is 0 Å². The molecule has 78 valence electrons. The normalized spacial score (nSPS) is 10.6. The van der Waals surface area contributed by atoms with Crippen LogP contribution in [0.25, 0.3) is 11.4 Å². The van der Waals surface area contributed by atoms with Crippen molar-refractivity contribution in [3.63, 3.8) is 0 Å². The van der Waals surface area contributed by atoms with Crippen LogP contribution < -0.4 is 5.73 Å². The first kappa shape index (κ1) is 10.1. The molecular formula is C9H7ClFN3O. The minimum absolute atomic E-state index is 0.127. The molecule has 2 aromatic rings. The Balaban J connectivity index is 2.44. The zero-order valence-corrected chi connectivity index (χ0v) is 8.33. The molecule has 2 N–H and O–H groups in total. The molecule has 0 bridgehead atoms. The van der Waals surface area contributed by atoms with Gasteiger partial charge < -0.3 is 10.3 Å². The highest BCUT2D eigenvalue weighted by Crippen LogP contribution is 2.22. The second kappa shape index (κ2) is 3.96. The summed E-state index contributed by atoms with van der Waals surface area (Å²) in [5.74, 6) is -0.0594. The number of benzene rings is 1. The standard InChI is InChI=1S/C9H7ClFN3O/c10-5-1-2-6(7(11)3-5)9-13-8(4-12)15-14-9/h1-3H,4,12H2. The molecule has 0 aliphatic carbocycles. The number of nitrogens with zero attached hydrogens (tertiary/aromatic N) is 2. The van der Waals surface area contributed by atoms with Crippen LogP contribution in [0.1, 0.15) is 5.89 Å². The van der Waals surface area contributed by atoms with Crippen LogP contribution in [0.15, 0.2) is 22.7 Å². The van der Waals surface area contributed by atoms with E-state index in [1.165, 1.54) is 12.1 Å². The number of aromatic nitrogens is 2. The molecule has 0 radical (unpaired) electrons. The van der Waals surface area contributed by atoms with Crippen molar-refractivity contribution in [1.29, 1.82) is 0 Å². The van der Waals surface area contributed by atoms with Crippen molar-refractivity contribution in [2.75, 3.05) is 0 Å². The monoisotopic (exact) mass is 227 g/mol. The van der Waals surface area contributed by atoms with Crippen LogP contribution in [0, 0.1) is 5.82 Å². The average Bonchev–Trinajstić information content (AvgIpc) is 2.66. The lowest BCUT2D eigenvalue weighted by molar-refractivity contribution is 0.380. The third kappa shape index (κ3) is 1.98. The van der Waals surface area contributed by atoms with Crippen LogP contribution in [0.5, 0.6) is 0 Å². The summed E-state index contributed by atoms with van der Waals surface area (Å²) in [4.78, 5) is 3.90. The minimum Gasteiger partial charge on any atom is -0.338 e. The van der Waals surface area contributed by atoms with Gasteiger partial charge in [0.15, 0.2) is 0 Å². The highest BCUT2D eigenvalue weighted by Gasteiger charge is 2.12. The second-order valence-corrected chi connectivity index (χ2v) is 3.28. The summed E-state index contributed by atoms with van der Waals surface area (Å²) in [5.41, 5.74) is 5.53. The Hall–Kier alpha value is -1.46. The van der Waals surface area contributed by atoms with Crippen molar-refractivity contribution < 1.29 is 8.91 Å². The number of hydrogen-bond acceptors (Lipinski definition) is 4. The molecule has 0 aliphatic rings. The van der Waals surface area contributed by atoms with Crippen LogP contribution >= 0.6 is 11.6 Å². The summed E-state index contributed by atoms with van der Waals surface area (Å²) >= 11 is 5.61. The van der Waals surface area contributed by atoms with E-state index in [2.05, 4.69) is 10.1 Å². The van der Waals surface area contributed by atoms with Crippen molar-refractivity contribution in [1.82, 2.24) is 10.1 Å². The van der Waals surface area contributed by atoms with Gasteiger partial charge in [-0.25, -0.2) is 4.39 Å². The van der Waals surface area contributed by atoms with Crippen LogP contribution in [0.4, 0.5) is 4.39 Å². The van der Waals surface area contributed by atoms with Gasteiger partial charge in [-0.3, -0.25) is 0 Å². The van der Waals surface area contributed by atoms with Crippen molar-refractivity contribution in [3.8, 4) is 11.4 Å². The first-order valence-electron chi connectivity index (χ1n) is 4.19. The molecule has 0 atom stereocenters. The summed E-state index contributed by atoms with van der Waals surface area (Å²) in [7, 11) is 0. The zero-order chi connectivity index (χ0) is 10.8. The van der Waals surface area contributed by atoms with E-state index in [1.54, 1.807) is 6.07 Å². The molecule has 1 aromatic carbocycles. The van der Waals surface area contributed by atoms with E-state index >= 15 is 0 Å². The number of halogens is 2. The number of hydrogen-bond donors (Lipinski definition) is 1. The lowest BCUT2D eigenvalue weighted by atomic mass is 10.2. The Labute approximate surface area is 89.8 Å². The third-order valence-corrected chi connectivity index (χ3v) is 2.05. The molecule has 1 heterocycles. The highest BCUT2D eigenvalue weighted by molar-refractivity contribution is 6.30. The smallest absolute Gasteiger partial charge is 0.240 e. The van der Waals surface area contributed by atoms with Gasteiger partial charge in [0.05, 0.1) is 12.1 Å². The van der Waals surface area contributed by atoms with Gasteiger partial charge in [-0.05, 0) is 18.2 Å². The lowest BCUT2D eigenvalue weighted by Crippen LogP contribution is -1.95. The van der Waals surface area contributed by atoms with Gasteiger partial charge in [0.2, 0.25) is 11.7 Å². The molecule has 6 heteroatoms. The van der Waals surface area contributed by atoms with Crippen molar-refractivity contribution >= 4 is 11.6 Å². The molecule has 2 rings (SSSR count). The van der Waals surface area contributed by atoms with Crippen LogP contribution in [0.3, 0.4) is 0 Å². The fourth-order valence-electron chi connectivity index (χ4n) is 1.12. The van der Waals surface area contributed by atoms with Gasteiger partial charge in [0.25, 0.3) is 0 Å². The molecule has 0 amide bonds. The summed E-state index contributed by atoms with van der Waals surface area (Å²) in [6.45, 7) is 0.127. The van der Waals surface area contributed by atoms with Crippen molar-refractivity contribution in [3.05, 3.63) is 34.9 Å². The average molecular weight is 228 g/mol. The van der Waals surface area contributed by atoms with E-state index in [-0.39, 0.29) is 23.8 Å². The summed E-state index contributed by atoms with van der Waals surface area (Å²) in [6.07, 6.45) is 0. The maximum absolute atomic E-state index is 13.4. The Morgan fingerprint density at radius 3 is 2.87 bits per heavy atom. The molecule has 1 aromatic heterocycles. The minimum atomic E-state index is -0.494. The first-order chi connectivity index (χ1) is 7.20. The van der Waals surface area contributed by atoms with Crippen molar-refractivity contribution in [2.24, 2.45) is 5.73 Å². The molecule has 0 unspecified atom stereocenters. The fourth-order valence-corrected chi connectivity index (χ4v) is 1.28. The predicted octanol–water partition coefficient (Wildman–Crippen LogP) is 1.99. The zero-order valence-electron chi connectivity index (χ0n) is 7.58. The fraction of sp³-hybridized carbons (Fsp3) is 0.111. The lowest BCUT2D eigenvalue weighted by Gasteiger charge is -1.96. The van der Waals surface area contributed by atoms with E-state index in [9.17, 15) is 4.39 Å². The summed E-state index contributed by atoms with van der Waals surface area (Å²) in [5, 5.41) is 3.92. The molecule has 0 saturated carbocycles. The molecule has 0 fully saturated rings. The molecule has 4 nitrogen and oxygen atoms in total. The van der Waals surface area contributed by atoms with Crippen LogP contribution in [0.2, 0.25) is 5.02 Å². The predicted molar refractivity (Wildman–Crippen MR) is 52.6 cm³/mol. The van der Waals surface area contributed by atoms with Crippen molar-refractivity contribution in [2.45, 2.75) is 6.54 Å². The van der Waals surface area contributed by atoms with Gasteiger partial charge in [0, 0.05) is 5.02 Å². The Morgan fingerprint density at radius 1 is 1.47 bits per heavy atom.